The molecule has 0 bridgehead atoms. The summed E-state index contributed by atoms with van der Waals surface area (Å²) in [5.41, 5.74) is 6.81. The first kappa shape index (κ1) is 47.9. The maximum atomic E-state index is 11.7. The Hall–Kier alpha value is -3.75. The molecule has 0 aliphatic carbocycles. The van der Waals surface area contributed by atoms with Crippen molar-refractivity contribution in [3.8, 4) is 0 Å². The topological polar surface area (TPSA) is 109 Å². The number of allylic oxidation sites excluding steroid dienone is 6. The quantitative estimate of drug-likeness (QED) is 0.0903. The van der Waals surface area contributed by atoms with Gasteiger partial charge in [-0.3, -0.25) is 0 Å². The van der Waals surface area contributed by atoms with E-state index < -0.39 is 11.7 Å². The lowest BCUT2D eigenvalue weighted by atomic mass is 9.83. The first-order valence-electron chi connectivity index (χ1n) is 21.1. The van der Waals surface area contributed by atoms with E-state index in [1.165, 1.54) is 33.9 Å². The van der Waals surface area contributed by atoms with Crippen LogP contribution in [0.4, 0.5) is 16.2 Å². The normalized spacial score (nSPS) is 17.0. The van der Waals surface area contributed by atoms with Crippen LogP contribution in [0.5, 0.6) is 0 Å². The molecule has 2 aliphatic heterocycles. The predicted molar refractivity (Wildman–Crippen MR) is 235 cm³/mol. The summed E-state index contributed by atoms with van der Waals surface area (Å²) in [5, 5.41) is 2.68. The molecule has 328 valence electrons. The van der Waals surface area contributed by atoms with Gasteiger partial charge in [0, 0.05) is 66.9 Å². The highest BCUT2D eigenvalue weighted by Gasteiger charge is 2.40. The molecule has 0 saturated carbocycles. The first-order valence-corrected chi connectivity index (χ1v) is 21.1. The van der Waals surface area contributed by atoms with E-state index in [2.05, 4.69) is 116 Å². The standard InChI is InChI=1S/C47H71N3O9/c1-45(2,3)59-44(51)48-22-26-54-31-34-57-33-30-53-25-15-23-49-40-18-11-9-16-38(40)46(4,5)42(49)20-13-14-21-43-47(6,7)39-17-10-12-19-41(39)50(43)24-27-55-32-35-58-37-36-56-29-28-52-8/h9-14,16-21H,15,22-37H2,1-8H3,(H,48,51)/b14-13+,42-20-,43-21+. The van der Waals surface area contributed by atoms with Crippen molar-refractivity contribution >= 4 is 17.5 Å². The summed E-state index contributed by atoms with van der Waals surface area (Å²) >= 11 is 0. The zero-order valence-corrected chi connectivity index (χ0v) is 37.0. The SMILES string of the molecule is COCCOCCOCCOCCN1/C(=C/C=C/C=C2\N(CCCOCCOCCOCCNC(=O)OC(C)(C)C)c3ccccc3C2(C)C)C(C)(C)c2ccccc21. The number of nitrogens with zero attached hydrogens (tertiary/aromatic N) is 2. The fourth-order valence-electron chi connectivity index (χ4n) is 7.30. The number of fused-ring (bicyclic) bond motifs is 2. The van der Waals surface area contributed by atoms with E-state index in [0.717, 1.165) is 19.5 Å². The average Bonchev–Trinajstić information content (AvgIpc) is 3.54. The Morgan fingerprint density at radius 1 is 0.593 bits per heavy atom. The van der Waals surface area contributed by atoms with Crippen LogP contribution in [0.15, 0.2) is 84.2 Å². The van der Waals surface area contributed by atoms with E-state index >= 15 is 0 Å². The van der Waals surface area contributed by atoms with Gasteiger partial charge in [-0.15, -0.1) is 0 Å². The molecule has 12 heteroatoms. The van der Waals surface area contributed by atoms with Crippen LogP contribution in [0.1, 0.15) is 66.0 Å². The summed E-state index contributed by atoms with van der Waals surface area (Å²) in [6.07, 6.45) is 9.32. The Bertz CT molecular complexity index is 1650. The summed E-state index contributed by atoms with van der Waals surface area (Å²) in [5.74, 6) is 0. The lowest BCUT2D eigenvalue weighted by Gasteiger charge is -2.27. The molecule has 0 spiro atoms. The monoisotopic (exact) mass is 822 g/mol. The number of benzene rings is 2. The van der Waals surface area contributed by atoms with Crippen LogP contribution < -0.4 is 15.1 Å². The van der Waals surface area contributed by atoms with Crippen molar-refractivity contribution in [3.63, 3.8) is 0 Å². The van der Waals surface area contributed by atoms with Crippen LogP contribution in [0.2, 0.25) is 0 Å². The molecule has 0 atom stereocenters. The maximum Gasteiger partial charge on any atom is 0.407 e. The van der Waals surface area contributed by atoms with Crippen molar-refractivity contribution < 1.29 is 42.7 Å². The number of para-hydroxylation sites is 2. The number of methoxy groups -OCH3 is 1. The largest absolute Gasteiger partial charge is 0.444 e. The van der Waals surface area contributed by atoms with Gasteiger partial charge in [-0.1, -0.05) is 76.2 Å². The highest BCUT2D eigenvalue weighted by molar-refractivity contribution is 5.72. The van der Waals surface area contributed by atoms with Gasteiger partial charge in [-0.05, 0) is 62.6 Å². The molecule has 2 aromatic rings. The average molecular weight is 822 g/mol. The van der Waals surface area contributed by atoms with E-state index in [-0.39, 0.29) is 10.8 Å². The number of ether oxygens (including phenoxy) is 8. The zero-order valence-electron chi connectivity index (χ0n) is 37.0. The van der Waals surface area contributed by atoms with Gasteiger partial charge >= 0.3 is 6.09 Å². The highest BCUT2D eigenvalue weighted by Crippen LogP contribution is 2.49. The van der Waals surface area contributed by atoms with Gasteiger partial charge in [0.1, 0.15) is 5.60 Å². The number of hydrogen-bond donors (Lipinski definition) is 1. The molecule has 0 saturated heterocycles. The first-order chi connectivity index (χ1) is 28.4. The third kappa shape index (κ3) is 15.0. The Kier molecular flexibility index (Phi) is 19.9. The van der Waals surface area contributed by atoms with E-state index in [9.17, 15) is 4.79 Å². The van der Waals surface area contributed by atoms with Crippen LogP contribution in [-0.2, 0) is 48.7 Å². The molecule has 59 heavy (non-hydrogen) atoms. The van der Waals surface area contributed by atoms with Crippen LogP contribution >= 0.6 is 0 Å². The lowest BCUT2D eigenvalue weighted by molar-refractivity contribution is 0.00463. The van der Waals surface area contributed by atoms with Crippen LogP contribution in [-0.4, -0.2) is 124 Å². The van der Waals surface area contributed by atoms with E-state index in [1.807, 2.05) is 20.8 Å². The van der Waals surface area contributed by atoms with Gasteiger partial charge in [0.25, 0.3) is 0 Å². The second kappa shape index (κ2) is 24.5. The minimum atomic E-state index is -0.519. The maximum absolute atomic E-state index is 11.7. The number of nitrogens with one attached hydrogen (secondary N) is 1. The minimum absolute atomic E-state index is 0.149. The summed E-state index contributed by atoms with van der Waals surface area (Å²) in [7, 11) is 1.66. The molecule has 12 nitrogen and oxygen atoms in total. The molecule has 0 fully saturated rings. The van der Waals surface area contributed by atoms with Gasteiger partial charge in [0.05, 0.1) is 79.3 Å². The molecule has 2 aromatic carbocycles. The van der Waals surface area contributed by atoms with Gasteiger partial charge < -0.3 is 53.0 Å². The van der Waals surface area contributed by atoms with Crippen molar-refractivity contribution in [1.82, 2.24) is 5.32 Å². The van der Waals surface area contributed by atoms with Crippen LogP contribution in [0, 0.1) is 0 Å². The molecule has 0 aromatic heterocycles. The minimum Gasteiger partial charge on any atom is -0.444 e. The van der Waals surface area contributed by atoms with Crippen molar-refractivity contribution in [2.45, 2.75) is 71.3 Å². The molecule has 1 N–H and O–H groups in total. The van der Waals surface area contributed by atoms with Gasteiger partial charge in [-0.25, -0.2) is 4.79 Å². The van der Waals surface area contributed by atoms with E-state index in [0.29, 0.717) is 92.4 Å². The number of alkyl carbamates (subject to hydrolysis) is 1. The Morgan fingerprint density at radius 2 is 1.02 bits per heavy atom. The van der Waals surface area contributed by atoms with Crippen LogP contribution in [0.3, 0.4) is 0 Å². The molecular formula is C47H71N3O9. The van der Waals surface area contributed by atoms with Crippen molar-refractivity contribution in [2.24, 2.45) is 0 Å². The van der Waals surface area contributed by atoms with Crippen LogP contribution in [0.25, 0.3) is 0 Å². The highest BCUT2D eigenvalue weighted by atomic mass is 16.6. The Morgan fingerprint density at radius 3 is 1.51 bits per heavy atom. The molecule has 0 radical (unpaired) electrons. The van der Waals surface area contributed by atoms with Crippen molar-refractivity contribution in [2.75, 3.05) is 122 Å². The summed E-state index contributed by atoms with van der Waals surface area (Å²) in [6, 6.07) is 17.4. The molecule has 1 amide bonds. The van der Waals surface area contributed by atoms with Crippen molar-refractivity contribution in [3.05, 3.63) is 95.4 Å². The smallest absolute Gasteiger partial charge is 0.407 e. The van der Waals surface area contributed by atoms with Crippen molar-refractivity contribution in [1.29, 1.82) is 0 Å². The van der Waals surface area contributed by atoms with E-state index in [1.54, 1.807) is 7.11 Å². The van der Waals surface area contributed by atoms with E-state index in [4.69, 9.17) is 37.9 Å². The molecule has 2 aliphatic rings. The number of carbonyl (C=O) groups excluding carboxylic acids is 1. The second-order valence-corrected chi connectivity index (χ2v) is 16.5. The summed E-state index contributed by atoms with van der Waals surface area (Å²) in [6.45, 7) is 23.6. The molecule has 0 unspecified atom stereocenters. The molecular weight excluding hydrogens is 751 g/mol. The zero-order chi connectivity index (χ0) is 42.6. The summed E-state index contributed by atoms with van der Waals surface area (Å²) < 4.78 is 44.5. The molecule has 2 heterocycles. The third-order valence-electron chi connectivity index (χ3n) is 10.2. The number of anilines is 2. The number of rotatable bonds is 27. The lowest BCUT2D eigenvalue weighted by Crippen LogP contribution is -2.34. The van der Waals surface area contributed by atoms with Gasteiger partial charge in [0.15, 0.2) is 0 Å². The Balaban J connectivity index is 1.25. The van der Waals surface area contributed by atoms with Gasteiger partial charge in [-0.2, -0.15) is 0 Å². The summed E-state index contributed by atoms with van der Waals surface area (Å²) in [4.78, 5) is 16.5. The predicted octanol–water partition coefficient (Wildman–Crippen LogP) is 7.57. The molecule has 4 rings (SSSR count). The van der Waals surface area contributed by atoms with Gasteiger partial charge in [0.2, 0.25) is 0 Å². The number of hydrogen-bond acceptors (Lipinski definition) is 11. The number of carbonyl (C=O) groups is 1. The number of amides is 1. The fraction of sp³-hybridized carbons (Fsp3) is 0.596. The Labute approximate surface area is 353 Å². The second-order valence-electron chi connectivity index (χ2n) is 16.5. The fourth-order valence-corrected chi connectivity index (χ4v) is 7.30. The third-order valence-corrected chi connectivity index (χ3v) is 10.2.